The van der Waals surface area contributed by atoms with Crippen molar-refractivity contribution >= 4 is 5.69 Å². The average molecular weight is 247 g/mol. The van der Waals surface area contributed by atoms with E-state index in [1.54, 1.807) is 13.0 Å². The van der Waals surface area contributed by atoms with Gasteiger partial charge in [0.2, 0.25) is 0 Å². The molecule has 0 aromatic heterocycles. The van der Waals surface area contributed by atoms with Gasteiger partial charge in [-0.1, -0.05) is 12.1 Å². The smallest absolute Gasteiger partial charge is 0.126 e. The normalized spacial score (nSPS) is 10.4. The highest BCUT2D eigenvalue weighted by molar-refractivity contribution is 5.46. The quantitative estimate of drug-likeness (QED) is 0.857. The molecular weight excluding hydrogens is 232 g/mol. The SMILES string of the molecule is Cc1cc(F)cc(NCc2ccc(C)c(F)c2)c1. The van der Waals surface area contributed by atoms with Crippen molar-refractivity contribution in [3.05, 3.63) is 64.7 Å². The van der Waals surface area contributed by atoms with Gasteiger partial charge in [0.15, 0.2) is 0 Å². The average Bonchev–Trinajstić information content (AvgIpc) is 2.29. The molecule has 2 aromatic carbocycles. The Morgan fingerprint density at radius 1 is 1.00 bits per heavy atom. The Morgan fingerprint density at radius 2 is 1.78 bits per heavy atom. The molecule has 0 saturated heterocycles. The fraction of sp³-hybridized carbons (Fsp3) is 0.200. The van der Waals surface area contributed by atoms with Crippen molar-refractivity contribution in [1.82, 2.24) is 0 Å². The minimum Gasteiger partial charge on any atom is -0.381 e. The summed E-state index contributed by atoms with van der Waals surface area (Å²) in [6.07, 6.45) is 0. The Morgan fingerprint density at radius 3 is 2.44 bits per heavy atom. The Kier molecular flexibility index (Phi) is 3.60. The van der Waals surface area contributed by atoms with Crippen molar-refractivity contribution in [3.63, 3.8) is 0 Å². The summed E-state index contributed by atoms with van der Waals surface area (Å²) in [5.41, 5.74) is 3.02. The number of nitrogens with one attached hydrogen (secondary N) is 1. The van der Waals surface area contributed by atoms with Crippen LogP contribution in [0.5, 0.6) is 0 Å². The van der Waals surface area contributed by atoms with Gasteiger partial charge >= 0.3 is 0 Å². The van der Waals surface area contributed by atoms with Crippen molar-refractivity contribution in [2.24, 2.45) is 0 Å². The van der Waals surface area contributed by atoms with Gasteiger partial charge in [-0.05, 0) is 54.8 Å². The van der Waals surface area contributed by atoms with Gasteiger partial charge in [0, 0.05) is 12.2 Å². The molecule has 0 atom stereocenters. The van der Waals surface area contributed by atoms with Gasteiger partial charge < -0.3 is 5.32 Å². The van der Waals surface area contributed by atoms with Gasteiger partial charge in [0.05, 0.1) is 0 Å². The molecule has 94 valence electrons. The lowest BCUT2D eigenvalue weighted by atomic mass is 10.1. The third kappa shape index (κ3) is 3.06. The van der Waals surface area contributed by atoms with Crippen LogP contribution in [0.25, 0.3) is 0 Å². The number of hydrogen-bond donors (Lipinski definition) is 1. The van der Waals surface area contributed by atoms with Crippen LogP contribution in [-0.2, 0) is 6.54 Å². The Balaban J connectivity index is 2.08. The number of hydrogen-bond acceptors (Lipinski definition) is 1. The van der Waals surface area contributed by atoms with Gasteiger partial charge in [-0.25, -0.2) is 8.78 Å². The first-order chi connectivity index (χ1) is 8.54. The molecule has 3 heteroatoms. The van der Waals surface area contributed by atoms with Crippen LogP contribution in [0, 0.1) is 25.5 Å². The zero-order valence-corrected chi connectivity index (χ0v) is 10.4. The fourth-order valence-corrected chi connectivity index (χ4v) is 1.79. The van der Waals surface area contributed by atoms with Gasteiger partial charge in [-0.3, -0.25) is 0 Å². The number of benzene rings is 2. The molecule has 18 heavy (non-hydrogen) atoms. The Hall–Kier alpha value is -1.90. The monoisotopic (exact) mass is 247 g/mol. The minimum absolute atomic E-state index is 0.218. The summed E-state index contributed by atoms with van der Waals surface area (Å²) in [6.45, 7) is 4.03. The highest BCUT2D eigenvalue weighted by Crippen LogP contribution is 2.15. The lowest BCUT2D eigenvalue weighted by Crippen LogP contribution is -2.01. The summed E-state index contributed by atoms with van der Waals surface area (Å²) in [6, 6.07) is 9.84. The van der Waals surface area contributed by atoms with Crippen molar-refractivity contribution in [3.8, 4) is 0 Å². The van der Waals surface area contributed by atoms with Crippen LogP contribution in [0.15, 0.2) is 36.4 Å². The first-order valence-electron chi connectivity index (χ1n) is 5.81. The zero-order valence-electron chi connectivity index (χ0n) is 10.4. The predicted octanol–water partition coefficient (Wildman–Crippen LogP) is 4.19. The first-order valence-corrected chi connectivity index (χ1v) is 5.81. The lowest BCUT2D eigenvalue weighted by molar-refractivity contribution is 0.616. The van der Waals surface area contributed by atoms with Crippen molar-refractivity contribution in [1.29, 1.82) is 0 Å². The highest BCUT2D eigenvalue weighted by Gasteiger charge is 2.01. The first kappa shape index (κ1) is 12.6. The molecule has 0 saturated carbocycles. The highest BCUT2D eigenvalue weighted by atomic mass is 19.1. The van der Waals surface area contributed by atoms with E-state index in [1.807, 2.05) is 19.1 Å². The van der Waals surface area contributed by atoms with E-state index < -0.39 is 0 Å². The van der Waals surface area contributed by atoms with E-state index in [4.69, 9.17) is 0 Å². The summed E-state index contributed by atoms with van der Waals surface area (Å²) in [4.78, 5) is 0. The molecule has 0 aliphatic heterocycles. The van der Waals surface area contributed by atoms with E-state index in [1.165, 1.54) is 18.2 Å². The third-order valence-electron chi connectivity index (χ3n) is 2.78. The standard InChI is InChI=1S/C15H15F2N/c1-10-5-13(16)8-14(6-10)18-9-12-4-3-11(2)15(17)7-12/h3-8,18H,9H2,1-2H3. The van der Waals surface area contributed by atoms with E-state index in [9.17, 15) is 8.78 Å². The second kappa shape index (κ2) is 5.17. The van der Waals surface area contributed by atoms with E-state index >= 15 is 0 Å². The largest absolute Gasteiger partial charge is 0.381 e. The second-order valence-corrected chi connectivity index (χ2v) is 4.45. The molecule has 0 fully saturated rings. The van der Waals surface area contributed by atoms with E-state index in [-0.39, 0.29) is 11.6 Å². The van der Waals surface area contributed by atoms with E-state index in [0.717, 1.165) is 11.1 Å². The van der Waals surface area contributed by atoms with Crippen LogP contribution in [0.2, 0.25) is 0 Å². The summed E-state index contributed by atoms with van der Waals surface area (Å²) in [7, 11) is 0. The Labute approximate surface area is 105 Å². The minimum atomic E-state index is -0.271. The molecule has 0 amide bonds. The van der Waals surface area contributed by atoms with E-state index in [0.29, 0.717) is 17.8 Å². The van der Waals surface area contributed by atoms with Crippen LogP contribution in [-0.4, -0.2) is 0 Å². The zero-order chi connectivity index (χ0) is 13.1. The number of anilines is 1. The third-order valence-corrected chi connectivity index (χ3v) is 2.78. The molecule has 0 unspecified atom stereocenters. The topological polar surface area (TPSA) is 12.0 Å². The second-order valence-electron chi connectivity index (χ2n) is 4.45. The summed E-state index contributed by atoms with van der Waals surface area (Å²) in [5, 5.41) is 3.08. The molecule has 0 heterocycles. The summed E-state index contributed by atoms with van der Waals surface area (Å²) in [5.74, 6) is -0.489. The summed E-state index contributed by atoms with van der Waals surface area (Å²) >= 11 is 0. The van der Waals surface area contributed by atoms with Crippen molar-refractivity contribution in [2.45, 2.75) is 20.4 Å². The van der Waals surface area contributed by atoms with Crippen LogP contribution in [0.3, 0.4) is 0 Å². The predicted molar refractivity (Wildman–Crippen MR) is 69.6 cm³/mol. The molecule has 2 rings (SSSR count). The van der Waals surface area contributed by atoms with Crippen molar-refractivity contribution in [2.75, 3.05) is 5.32 Å². The Bertz CT molecular complexity index is 544. The molecule has 2 aromatic rings. The molecule has 0 radical (unpaired) electrons. The maximum atomic E-state index is 13.3. The maximum absolute atomic E-state index is 13.3. The lowest BCUT2D eigenvalue weighted by Gasteiger charge is -2.08. The van der Waals surface area contributed by atoms with Crippen LogP contribution >= 0.6 is 0 Å². The molecule has 0 bridgehead atoms. The van der Waals surface area contributed by atoms with Gasteiger partial charge in [0.25, 0.3) is 0 Å². The molecule has 0 spiro atoms. The van der Waals surface area contributed by atoms with E-state index in [2.05, 4.69) is 5.32 Å². The van der Waals surface area contributed by atoms with Gasteiger partial charge in [-0.2, -0.15) is 0 Å². The fourth-order valence-electron chi connectivity index (χ4n) is 1.79. The van der Waals surface area contributed by atoms with Crippen LogP contribution < -0.4 is 5.32 Å². The molecule has 1 nitrogen and oxygen atoms in total. The molecule has 0 aliphatic rings. The summed E-state index contributed by atoms with van der Waals surface area (Å²) < 4.78 is 26.5. The molecular formula is C15H15F2N. The number of aryl methyl sites for hydroxylation is 2. The number of rotatable bonds is 3. The van der Waals surface area contributed by atoms with Gasteiger partial charge in [0.1, 0.15) is 11.6 Å². The van der Waals surface area contributed by atoms with Crippen molar-refractivity contribution < 1.29 is 8.78 Å². The van der Waals surface area contributed by atoms with Crippen LogP contribution in [0.1, 0.15) is 16.7 Å². The van der Waals surface area contributed by atoms with Gasteiger partial charge in [-0.15, -0.1) is 0 Å². The maximum Gasteiger partial charge on any atom is 0.126 e. The number of halogens is 2. The van der Waals surface area contributed by atoms with Crippen LogP contribution in [0.4, 0.5) is 14.5 Å². The molecule has 0 aliphatic carbocycles. The molecule has 1 N–H and O–H groups in total.